The molecule has 0 radical (unpaired) electrons. The van der Waals surface area contributed by atoms with Crippen molar-refractivity contribution in [3.8, 4) is 17.1 Å². The molecule has 0 N–H and O–H groups in total. The van der Waals surface area contributed by atoms with Gasteiger partial charge in [0.15, 0.2) is 0 Å². The maximum Gasteiger partial charge on any atom is 0.294 e. The van der Waals surface area contributed by atoms with Crippen molar-refractivity contribution in [1.82, 2.24) is 4.57 Å². The minimum absolute atomic E-state index is 0.610. The van der Waals surface area contributed by atoms with Crippen molar-refractivity contribution in [2.24, 2.45) is 0 Å². The van der Waals surface area contributed by atoms with Gasteiger partial charge in [-0.3, -0.25) is 0 Å². The Morgan fingerprint density at radius 3 is 2.27 bits per heavy atom. The second-order valence-corrected chi connectivity index (χ2v) is 11.7. The maximum atomic E-state index is 6.79. The van der Waals surface area contributed by atoms with E-state index in [-0.39, 0.29) is 0 Å². The number of para-hydroxylation sites is 1. The molecule has 3 aliphatic rings. The normalized spacial score (nSPS) is 18.5. The van der Waals surface area contributed by atoms with Gasteiger partial charge in [0.2, 0.25) is 0 Å². The number of rotatable bonds is 3. The fourth-order valence-corrected chi connectivity index (χ4v) is 7.71. The fraction of sp³-hybridized carbons (Fsp3) is 0.382. The highest BCUT2D eigenvalue weighted by Crippen LogP contribution is 2.48. The monoisotopic (exact) mass is 487 g/mol. The molecule has 3 heteroatoms. The first-order chi connectivity index (χ1) is 18.4. The van der Waals surface area contributed by atoms with Gasteiger partial charge in [-0.25, -0.2) is 4.57 Å². The summed E-state index contributed by atoms with van der Waals surface area (Å²) in [6.45, 7) is 0.951. The molecule has 0 atom stereocenters. The average Bonchev–Trinajstić information content (AvgIpc) is 3.65. The lowest BCUT2D eigenvalue weighted by Gasteiger charge is -2.27. The fourth-order valence-electron chi connectivity index (χ4n) is 7.71. The van der Waals surface area contributed by atoms with Gasteiger partial charge in [0.25, 0.3) is 5.82 Å². The first-order valence-corrected chi connectivity index (χ1v) is 14.5. The van der Waals surface area contributed by atoms with Crippen molar-refractivity contribution in [2.45, 2.75) is 82.6 Å². The van der Waals surface area contributed by atoms with Gasteiger partial charge in [-0.1, -0.05) is 74.9 Å². The van der Waals surface area contributed by atoms with Crippen molar-refractivity contribution in [3.63, 3.8) is 0 Å². The molecule has 2 fully saturated rings. The van der Waals surface area contributed by atoms with Gasteiger partial charge in [0, 0.05) is 16.5 Å². The lowest BCUT2D eigenvalue weighted by Crippen LogP contribution is -2.30. The second kappa shape index (κ2) is 8.62. The van der Waals surface area contributed by atoms with E-state index in [0.29, 0.717) is 11.8 Å². The topological polar surface area (TPSA) is 21.9 Å². The SMILES string of the molecule is c1ccc2c(c1)C[n+]1ccn(-c3c(C4CCCCC4)cc(C4CCCCC4)c4oc5ccccc5c34)c1-2. The summed E-state index contributed by atoms with van der Waals surface area (Å²) in [5.74, 6) is 2.53. The van der Waals surface area contributed by atoms with Crippen LogP contribution in [0, 0.1) is 0 Å². The molecule has 3 heterocycles. The van der Waals surface area contributed by atoms with Crippen LogP contribution in [0.5, 0.6) is 0 Å². The van der Waals surface area contributed by atoms with Crippen molar-refractivity contribution < 1.29 is 8.98 Å². The highest BCUT2D eigenvalue weighted by Gasteiger charge is 2.35. The van der Waals surface area contributed by atoms with Crippen LogP contribution in [-0.2, 0) is 6.54 Å². The summed E-state index contributed by atoms with van der Waals surface area (Å²) in [5.41, 5.74) is 9.35. The molecule has 0 bridgehead atoms. The number of aromatic nitrogens is 2. The van der Waals surface area contributed by atoms with Crippen molar-refractivity contribution in [1.29, 1.82) is 0 Å². The smallest absolute Gasteiger partial charge is 0.294 e. The van der Waals surface area contributed by atoms with Crippen LogP contribution >= 0.6 is 0 Å². The van der Waals surface area contributed by atoms with Crippen LogP contribution in [0.3, 0.4) is 0 Å². The summed E-state index contributed by atoms with van der Waals surface area (Å²) in [6, 6.07) is 20.3. The van der Waals surface area contributed by atoms with Gasteiger partial charge < -0.3 is 4.42 Å². The zero-order valence-corrected chi connectivity index (χ0v) is 21.6. The van der Waals surface area contributed by atoms with Crippen LogP contribution in [0.4, 0.5) is 0 Å². The van der Waals surface area contributed by atoms with E-state index >= 15 is 0 Å². The number of fused-ring (bicyclic) bond motifs is 6. The van der Waals surface area contributed by atoms with E-state index in [2.05, 4.69) is 76.1 Å². The van der Waals surface area contributed by atoms with Crippen LogP contribution in [0.15, 0.2) is 71.4 Å². The molecule has 5 aromatic rings. The minimum Gasteiger partial charge on any atom is -0.456 e. The quantitative estimate of drug-likeness (QED) is 0.229. The number of nitrogens with zero attached hydrogens (tertiary/aromatic N) is 2. The van der Waals surface area contributed by atoms with Gasteiger partial charge >= 0.3 is 0 Å². The standard InChI is InChI=1S/C34H35N2O/c1-3-11-23(12-4-1)28-21-29(24-13-5-2-6-14-24)33-31(27-17-9-10-18-30(27)37-33)32(28)36-20-19-35-22-25-15-7-8-16-26(25)34(35)36/h7-10,15-21,23-24H,1-6,11-14,22H2/q+1. The Hall–Kier alpha value is -3.33. The summed E-state index contributed by atoms with van der Waals surface area (Å²) in [6.07, 6.45) is 17.9. The molecule has 2 aliphatic carbocycles. The summed E-state index contributed by atoms with van der Waals surface area (Å²) >= 11 is 0. The number of furan rings is 1. The summed E-state index contributed by atoms with van der Waals surface area (Å²) in [5, 5.41) is 2.60. The third kappa shape index (κ3) is 3.36. The van der Waals surface area contributed by atoms with E-state index < -0.39 is 0 Å². The van der Waals surface area contributed by atoms with Gasteiger partial charge in [0.05, 0.1) is 10.9 Å². The van der Waals surface area contributed by atoms with Crippen LogP contribution in [0.25, 0.3) is 39.0 Å². The Kier molecular flexibility index (Phi) is 5.06. The molecule has 3 aromatic carbocycles. The van der Waals surface area contributed by atoms with Crippen LogP contribution in [0.1, 0.15) is 92.7 Å². The largest absolute Gasteiger partial charge is 0.456 e. The Labute approximate surface area is 218 Å². The Balaban J connectivity index is 1.47. The zero-order chi connectivity index (χ0) is 24.3. The van der Waals surface area contributed by atoms with E-state index in [1.807, 2.05) is 0 Å². The molecule has 37 heavy (non-hydrogen) atoms. The van der Waals surface area contributed by atoms with E-state index in [1.165, 1.54) is 103 Å². The first kappa shape index (κ1) is 21.7. The van der Waals surface area contributed by atoms with Crippen LogP contribution in [-0.4, -0.2) is 4.57 Å². The second-order valence-electron chi connectivity index (χ2n) is 11.7. The Morgan fingerprint density at radius 1 is 0.757 bits per heavy atom. The number of hydrogen-bond acceptors (Lipinski definition) is 1. The third-order valence-corrected chi connectivity index (χ3v) is 9.50. The molecule has 2 saturated carbocycles. The highest BCUT2D eigenvalue weighted by molar-refractivity contribution is 6.11. The average molecular weight is 488 g/mol. The Morgan fingerprint density at radius 2 is 1.46 bits per heavy atom. The predicted molar refractivity (Wildman–Crippen MR) is 149 cm³/mol. The predicted octanol–water partition coefficient (Wildman–Crippen LogP) is 8.79. The molecule has 0 spiro atoms. The highest BCUT2D eigenvalue weighted by atomic mass is 16.3. The molecule has 0 unspecified atom stereocenters. The van der Waals surface area contributed by atoms with Crippen molar-refractivity contribution in [3.05, 3.63) is 83.7 Å². The van der Waals surface area contributed by atoms with Gasteiger partial charge in [-0.2, -0.15) is 4.57 Å². The minimum atomic E-state index is 0.610. The lowest BCUT2D eigenvalue weighted by molar-refractivity contribution is -0.671. The van der Waals surface area contributed by atoms with Gasteiger partial charge in [0.1, 0.15) is 35.8 Å². The summed E-state index contributed by atoms with van der Waals surface area (Å²) in [4.78, 5) is 0. The van der Waals surface area contributed by atoms with Crippen molar-refractivity contribution >= 4 is 21.9 Å². The van der Waals surface area contributed by atoms with E-state index in [1.54, 1.807) is 5.56 Å². The van der Waals surface area contributed by atoms with Crippen LogP contribution in [0.2, 0.25) is 0 Å². The maximum absolute atomic E-state index is 6.79. The van der Waals surface area contributed by atoms with Gasteiger partial charge in [-0.15, -0.1) is 0 Å². The number of imidazole rings is 1. The van der Waals surface area contributed by atoms with Gasteiger partial charge in [-0.05, 0) is 61.3 Å². The molecule has 2 aromatic heterocycles. The Bertz CT molecular complexity index is 1620. The summed E-state index contributed by atoms with van der Waals surface area (Å²) in [7, 11) is 0. The first-order valence-electron chi connectivity index (χ1n) is 14.5. The van der Waals surface area contributed by atoms with E-state index in [0.717, 1.165) is 17.7 Å². The van der Waals surface area contributed by atoms with E-state index in [4.69, 9.17) is 4.42 Å². The molecular weight excluding hydrogens is 452 g/mol. The number of benzene rings is 3. The van der Waals surface area contributed by atoms with Crippen molar-refractivity contribution in [2.75, 3.05) is 0 Å². The molecule has 0 saturated heterocycles. The van der Waals surface area contributed by atoms with Crippen LogP contribution < -0.4 is 4.57 Å². The molecule has 1 aliphatic heterocycles. The summed E-state index contributed by atoms with van der Waals surface area (Å²) < 4.78 is 11.7. The third-order valence-electron chi connectivity index (χ3n) is 9.50. The molecule has 3 nitrogen and oxygen atoms in total. The zero-order valence-electron chi connectivity index (χ0n) is 21.6. The van der Waals surface area contributed by atoms with E-state index in [9.17, 15) is 0 Å². The lowest BCUT2D eigenvalue weighted by atomic mass is 9.78. The molecule has 8 rings (SSSR count). The molecular formula is C34H35N2O+. The molecule has 186 valence electrons. The molecule has 0 amide bonds. The number of hydrogen-bond donors (Lipinski definition) is 0.